The van der Waals surface area contributed by atoms with Gasteiger partial charge in [0.25, 0.3) is 17.7 Å². The van der Waals surface area contributed by atoms with E-state index < -0.39 is 17.8 Å². The van der Waals surface area contributed by atoms with Crippen LogP contribution in [0.15, 0.2) is 83.5 Å². The summed E-state index contributed by atoms with van der Waals surface area (Å²) in [7, 11) is 0. The van der Waals surface area contributed by atoms with Crippen LogP contribution in [0.4, 0.5) is 17.1 Å². The number of nitrogens with one attached hydrogen (secondary N) is 2. The Labute approximate surface area is 218 Å². The second-order valence-electron chi connectivity index (χ2n) is 8.35. The van der Waals surface area contributed by atoms with Gasteiger partial charge in [0, 0.05) is 16.9 Å². The fraction of sp³-hybridized carbons (Fsp3) is 0.143. The van der Waals surface area contributed by atoms with Gasteiger partial charge in [-0.15, -0.1) is 0 Å². The van der Waals surface area contributed by atoms with Gasteiger partial charge in [0.05, 0.1) is 17.9 Å². The molecule has 1 aliphatic rings. The average Bonchev–Trinajstić information content (AvgIpc) is 3.10. The Morgan fingerprint density at radius 3 is 2.32 bits per heavy atom. The van der Waals surface area contributed by atoms with Crippen LogP contribution in [-0.4, -0.2) is 30.3 Å². The number of hydrogen-bond acceptors (Lipinski definition) is 6. The summed E-state index contributed by atoms with van der Waals surface area (Å²) in [6, 6.07) is 19.9. The molecule has 9 heteroatoms. The van der Waals surface area contributed by atoms with E-state index in [1.807, 2.05) is 32.0 Å². The molecule has 4 rings (SSSR count). The first kappa shape index (κ1) is 25.7. The lowest BCUT2D eigenvalue weighted by Gasteiger charge is -2.16. The molecule has 3 aromatic carbocycles. The number of imide groups is 1. The van der Waals surface area contributed by atoms with Gasteiger partial charge in [0.1, 0.15) is 10.7 Å². The van der Waals surface area contributed by atoms with E-state index in [1.54, 1.807) is 36.4 Å². The maximum Gasteiger partial charge on any atom is 0.338 e. The van der Waals surface area contributed by atoms with E-state index in [2.05, 4.69) is 10.6 Å². The van der Waals surface area contributed by atoms with Gasteiger partial charge in [-0.2, -0.15) is 0 Å². The van der Waals surface area contributed by atoms with Gasteiger partial charge in [-0.1, -0.05) is 36.7 Å². The normalized spacial score (nSPS) is 13.1. The van der Waals surface area contributed by atoms with E-state index >= 15 is 0 Å². The molecule has 0 unspecified atom stereocenters. The fourth-order valence-electron chi connectivity index (χ4n) is 3.67. The van der Waals surface area contributed by atoms with Gasteiger partial charge < -0.3 is 15.4 Å². The largest absolute Gasteiger partial charge is 0.462 e. The molecule has 0 bridgehead atoms. The highest BCUT2D eigenvalue weighted by atomic mass is 35.5. The van der Waals surface area contributed by atoms with Gasteiger partial charge in [0.15, 0.2) is 0 Å². The highest BCUT2D eigenvalue weighted by Gasteiger charge is 2.39. The minimum atomic E-state index is -0.720. The highest BCUT2D eigenvalue weighted by Crippen LogP contribution is 2.31. The molecular weight excluding hydrogens is 494 g/mol. The molecule has 1 heterocycles. The Bertz CT molecular complexity index is 1420. The fourth-order valence-corrected chi connectivity index (χ4v) is 3.88. The average molecular weight is 518 g/mol. The van der Waals surface area contributed by atoms with Crippen molar-refractivity contribution in [2.45, 2.75) is 20.3 Å². The molecule has 0 aromatic heterocycles. The summed E-state index contributed by atoms with van der Waals surface area (Å²) in [5.74, 6) is -2.23. The number of anilines is 3. The maximum atomic E-state index is 13.1. The molecular formula is C28H24ClN3O5. The minimum absolute atomic E-state index is 0.109. The van der Waals surface area contributed by atoms with Crippen LogP contribution in [0.2, 0.25) is 0 Å². The highest BCUT2D eigenvalue weighted by molar-refractivity contribution is 6.53. The SMILES string of the molecule is CCCOC(=O)c1cccc(N2C(=O)C(Cl)=C(Nc3ccc(C(=O)Nc4cccc(C)c4)cc3)C2=O)c1. The number of rotatable bonds is 8. The number of carbonyl (C=O) groups is 4. The molecule has 1 aliphatic heterocycles. The van der Waals surface area contributed by atoms with Crippen molar-refractivity contribution in [3.63, 3.8) is 0 Å². The molecule has 3 amide bonds. The van der Waals surface area contributed by atoms with Crippen LogP contribution in [0.3, 0.4) is 0 Å². The van der Waals surface area contributed by atoms with Gasteiger partial charge in [0.2, 0.25) is 0 Å². The lowest BCUT2D eigenvalue weighted by Crippen LogP contribution is -2.32. The quantitative estimate of drug-likeness (QED) is 0.312. The third-order valence-corrected chi connectivity index (χ3v) is 5.85. The number of carbonyl (C=O) groups excluding carboxylic acids is 4. The Kier molecular flexibility index (Phi) is 7.69. The zero-order chi connectivity index (χ0) is 26.5. The number of benzene rings is 3. The van der Waals surface area contributed by atoms with Gasteiger partial charge in [-0.3, -0.25) is 14.4 Å². The molecule has 0 radical (unpaired) electrons. The Morgan fingerprint density at radius 1 is 0.892 bits per heavy atom. The minimum Gasteiger partial charge on any atom is -0.462 e. The topological polar surface area (TPSA) is 105 Å². The second kappa shape index (κ2) is 11.1. The van der Waals surface area contributed by atoms with E-state index in [0.29, 0.717) is 23.4 Å². The van der Waals surface area contributed by atoms with Crippen LogP contribution >= 0.6 is 11.6 Å². The molecule has 8 nitrogen and oxygen atoms in total. The standard InChI is InChI=1S/C28H24ClN3O5/c1-3-14-37-28(36)19-7-5-9-22(16-19)32-26(34)23(29)24(27(32)35)30-20-12-10-18(11-13-20)25(33)31-21-8-4-6-17(2)15-21/h4-13,15-16,30H,3,14H2,1-2H3,(H,31,33). The molecule has 0 saturated carbocycles. The summed E-state index contributed by atoms with van der Waals surface area (Å²) in [5.41, 5.74) is 2.87. The molecule has 3 aromatic rings. The van der Waals surface area contributed by atoms with Crippen LogP contribution in [-0.2, 0) is 14.3 Å². The zero-order valence-corrected chi connectivity index (χ0v) is 21.0. The number of amides is 3. The van der Waals surface area contributed by atoms with Crippen molar-refractivity contribution in [2.24, 2.45) is 0 Å². The van der Waals surface area contributed by atoms with Crippen LogP contribution in [0.5, 0.6) is 0 Å². The number of halogens is 1. The number of hydrogen-bond donors (Lipinski definition) is 2. The van der Waals surface area contributed by atoms with Crippen molar-refractivity contribution < 1.29 is 23.9 Å². The third kappa shape index (κ3) is 5.70. The summed E-state index contributed by atoms with van der Waals surface area (Å²) in [4.78, 5) is 51.6. The van der Waals surface area contributed by atoms with E-state index in [0.717, 1.165) is 10.5 Å². The summed E-state index contributed by atoms with van der Waals surface area (Å²) in [6.45, 7) is 4.07. The molecule has 2 N–H and O–H groups in total. The summed E-state index contributed by atoms with van der Waals surface area (Å²) < 4.78 is 5.13. The summed E-state index contributed by atoms with van der Waals surface area (Å²) >= 11 is 6.22. The number of nitrogens with zero attached hydrogens (tertiary/aromatic N) is 1. The second-order valence-corrected chi connectivity index (χ2v) is 8.72. The Balaban J connectivity index is 1.47. The van der Waals surface area contributed by atoms with Crippen LogP contribution < -0.4 is 15.5 Å². The lowest BCUT2D eigenvalue weighted by atomic mass is 10.1. The van der Waals surface area contributed by atoms with Gasteiger partial charge in [-0.25, -0.2) is 9.69 Å². The van der Waals surface area contributed by atoms with E-state index in [4.69, 9.17) is 16.3 Å². The number of esters is 1. The van der Waals surface area contributed by atoms with Gasteiger partial charge in [-0.05, 0) is 73.5 Å². The Morgan fingerprint density at radius 2 is 1.62 bits per heavy atom. The monoisotopic (exact) mass is 517 g/mol. The number of aryl methyl sites for hydroxylation is 1. The van der Waals surface area contributed by atoms with Gasteiger partial charge >= 0.3 is 5.97 Å². The predicted molar refractivity (Wildman–Crippen MR) is 142 cm³/mol. The van der Waals surface area contributed by atoms with Crippen molar-refractivity contribution in [3.8, 4) is 0 Å². The lowest BCUT2D eigenvalue weighted by molar-refractivity contribution is -0.120. The van der Waals surface area contributed by atoms with Crippen molar-refractivity contribution in [2.75, 3.05) is 22.1 Å². The van der Waals surface area contributed by atoms with Crippen LogP contribution in [0.1, 0.15) is 39.6 Å². The molecule has 37 heavy (non-hydrogen) atoms. The van der Waals surface area contributed by atoms with Crippen molar-refractivity contribution in [1.29, 1.82) is 0 Å². The first-order valence-corrected chi connectivity index (χ1v) is 12.0. The molecule has 0 spiro atoms. The first-order valence-electron chi connectivity index (χ1n) is 11.6. The van der Waals surface area contributed by atoms with E-state index in [1.165, 1.54) is 18.2 Å². The summed E-state index contributed by atoms with van der Waals surface area (Å²) in [5, 5.41) is 5.42. The van der Waals surface area contributed by atoms with E-state index in [9.17, 15) is 19.2 Å². The predicted octanol–water partition coefficient (Wildman–Crippen LogP) is 5.25. The van der Waals surface area contributed by atoms with E-state index in [-0.39, 0.29) is 34.5 Å². The number of ether oxygens (including phenoxy) is 1. The van der Waals surface area contributed by atoms with Crippen molar-refractivity contribution in [3.05, 3.63) is 100 Å². The zero-order valence-electron chi connectivity index (χ0n) is 20.2. The third-order valence-electron chi connectivity index (χ3n) is 5.50. The smallest absolute Gasteiger partial charge is 0.338 e. The molecule has 0 aliphatic carbocycles. The van der Waals surface area contributed by atoms with Crippen LogP contribution in [0, 0.1) is 6.92 Å². The van der Waals surface area contributed by atoms with Crippen LogP contribution in [0.25, 0.3) is 0 Å². The summed E-state index contributed by atoms with van der Waals surface area (Å²) in [6.07, 6.45) is 0.668. The molecule has 188 valence electrons. The van der Waals surface area contributed by atoms with Crippen molar-refractivity contribution in [1.82, 2.24) is 0 Å². The maximum absolute atomic E-state index is 13.1. The van der Waals surface area contributed by atoms with Crippen molar-refractivity contribution >= 4 is 52.4 Å². The molecule has 0 saturated heterocycles. The molecule has 0 fully saturated rings. The molecule has 0 atom stereocenters. The first-order chi connectivity index (χ1) is 17.8. The Hall–Kier alpha value is -4.43.